The summed E-state index contributed by atoms with van der Waals surface area (Å²) < 4.78 is 38.2. The molecule has 5 heteroatoms. The molecule has 1 aliphatic heterocycles. The van der Waals surface area contributed by atoms with Crippen molar-refractivity contribution in [2.75, 3.05) is 6.54 Å². The van der Waals surface area contributed by atoms with Crippen molar-refractivity contribution in [2.24, 2.45) is 5.10 Å². The number of hydrogen-bond donors (Lipinski definition) is 0. The van der Waals surface area contributed by atoms with Crippen LogP contribution in [0.3, 0.4) is 0 Å². The van der Waals surface area contributed by atoms with Crippen molar-refractivity contribution >= 4 is 5.71 Å². The number of rotatable bonds is 3. The van der Waals surface area contributed by atoms with Crippen LogP contribution in [-0.4, -0.2) is 17.3 Å². The van der Waals surface area contributed by atoms with Gasteiger partial charge in [-0.2, -0.15) is 18.3 Å². The summed E-state index contributed by atoms with van der Waals surface area (Å²) in [5.74, 6) is 0. The summed E-state index contributed by atoms with van der Waals surface area (Å²) in [6.45, 7) is 4.71. The Morgan fingerprint density at radius 3 is 2.74 bits per heavy atom. The molecule has 1 atom stereocenters. The first-order valence-electron chi connectivity index (χ1n) is 6.39. The number of halogens is 3. The van der Waals surface area contributed by atoms with E-state index in [-0.39, 0.29) is 6.04 Å². The highest BCUT2D eigenvalue weighted by Gasteiger charge is 2.32. The third kappa shape index (κ3) is 3.08. The molecule has 1 heterocycles. The molecule has 0 spiro atoms. The minimum absolute atomic E-state index is 0.0674. The van der Waals surface area contributed by atoms with E-state index in [0.717, 1.165) is 24.7 Å². The van der Waals surface area contributed by atoms with Crippen LogP contribution in [0.4, 0.5) is 13.2 Å². The predicted molar refractivity (Wildman–Crippen MR) is 68.9 cm³/mol. The second-order valence-electron chi connectivity index (χ2n) is 4.84. The van der Waals surface area contributed by atoms with Crippen molar-refractivity contribution in [2.45, 2.75) is 38.9 Å². The molecular formula is C14H17F3N2. The zero-order valence-electron chi connectivity index (χ0n) is 11.0. The van der Waals surface area contributed by atoms with Crippen LogP contribution < -0.4 is 0 Å². The van der Waals surface area contributed by atoms with Crippen molar-refractivity contribution in [1.82, 2.24) is 5.01 Å². The van der Waals surface area contributed by atoms with Gasteiger partial charge in [0.15, 0.2) is 0 Å². The van der Waals surface area contributed by atoms with Gasteiger partial charge >= 0.3 is 6.18 Å². The Labute approximate surface area is 110 Å². The van der Waals surface area contributed by atoms with Crippen molar-refractivity contribution in [3.8, 4) is 0 Å². The summed E-state index contributed by atoms with van der Waals surface area (Å²) in [4.78, 5) is 0. The molecule has 2 nitrogen and oxygen atoms in total. The van der Waals surface area contributed by atoms with Crippen LogP contribution in [0, 0.1) is 0 Å². The number of hydrazone groups is 1. The fourth-order valence-electron chi connectivity index (χ4n) is 2.36. The van der Waals surface area contributed by atoms with Crippen LogP contribution in [0.2, 0.25) is 0 Å². The van der Waals surface area contributed by atoms with E-state index in [1.165, 1.54) is 12.1 Å². The normalized spacial score (nSPS) is 19.7. The number of alkyl halides is 3. The standard InChI is InChI=1S/C14H17F3N2/c1-3-7-19-13(8-10(2)18-19)11-5-4-6-12(9-11)14(15,16)17/h4-6,9,13H,3,7-8H2,1-2H3. The van der Waals surface area contributed by atoms with E-state index in [1.807, 2.05) is 18.9 Å². The van der Waals surface area contributed by atoms with Crippen LogP contribution in [0.25, 0.3) is 0 Å². The monoisotopic (exact) mass is 270 g/mol. The molecule has 0 N–H and O–H groups in total. The molecule has 0 bridgehead atoms. The molecule has 1 aromatic rings. The van der Waals surface area contributed by atoms with E-state index in [2.05, 4.69) is 5.10 Å². The predicted octanol–water partition coefficient (Wildman–Crippen LogP) is 4.24. The minimum atomic E-state index is -4.29. The van der Waals surface area contributed by atoms with Gasteiger partial charge in [0.25, 0.3) is 0 Å². The molecule has 1 aromatic carbocycles. The van der Waals surface area contributed by atoms with E-state index < -0.39 is 11.7 Å². The fraction of sp³-hybridized carbons (Fsp3) is 0.500. The van der Waals surface area contributed by atoms with Gasteiger partial charge in [-0.1, -0.05) is 19.1 Å². The lowest BCUT2D eigenvalue weighted by molar-refractivity contribution is -0.137. The summed E-state index contributed by atoms with van der Waals surface area (Å²) in [5, 5.41) is 6.29. The summed E-state index contributed by atoms with van der Waals surface area (Å²) in [6, 6.07) is 5.49. The van der Waals surface area contributed by atoms with E-state index in [1.54, 1.807) is 6.07 Å². The summed E-state index contributed by atoms with van der Waals surface area (Å²) >= 11 is 0. The second-order valence-corrected chi connectivity index (χ2v) is 4.84. The van der Waals surface area contributed by atoms with Gasteiger partial charge in [-0.15, -0.1) is 0 Å². The molecule has 19 heavy (non-hydrogen) atoms. The second kappa shape index (κ2) is 5.23. The molecule has 0 fully saturated rings. The largest absolute Gasteiger partial charge is 0.416 e. The van der Waals surface area contributed by atoms with Crippen LogP contribution in [0.15, 0.2) is 29.4 Å². The first kappa shape index (κ1) is 13.9. The Morgan fingerprint density at radius 1 is 1.37 bits per heavy atom. The first-order valence-corrected chi connectivity index (χ1v) is 6.39. The Bertz CT molecular complexity index is 480. The zero-order valence-corrected chi connectivity index (χ0v) is 11.0. The molecular weight excluding hydrogens is 253 g/mol. The van der Waals surface area contributed by atoms with E-state index in [9.17, 15) is 13.2 Å². The lowest BCUT2D eigenvalue weighted by atomic mass is 10.00. The molecule has 1 unspecified atom stereocenters. The van der Waals surface area contributed by atoms with Crippen molar-refractivity contribution in [3.63, 3.8) is 0 Å². The topological polar surface area (TPSA) is 15.6 Å². The molecule has 0 aliphatic carbocycles. The first-order chi connectivity index (χ1) is 8.91. The average Bonchev–Trinajstić information content (AvgIpc) is 2.70. The average molecular weight is 270 g/mol. The van der Waals surface area contributed by atoms with Gasteiger partial charge in [-0.3, -0.25) is 5.01 Å². The molecule has 2 rings (SSSR count). The highest BCUT2D eigenvalue weighted by molar-refractivity contribution is 5.83. The SMILES string of the molecule is CCCN1N=C(C)CC1c1cccc(C(F)(F)F)c1. The lowest BCUT2D eigenvalue weighted by Crippen LogP contribution is -2.20. The molecule has 0 saturated heterocycles. The van der Waals surface area contributed by atoms with E-state index in [0.29, 0.717) is 12.0 Å². The Hall–Kier alpha value is -1.52. The minimum Gasteiger partial charge on any atom is -0.289 e. The van der Waals surface area contributed by atoms with Gasteiger partial charge in [-0.05, 0) is 31.0 Å². The zero-order chi connectivity index (χ0) is 14.0. The molecule has 0 radical (unpaired) electrons. The van der Waals surface area contributed by atoms with Crippen molar-refractivity contribution < 1.29 is 13.2 Å². The maximum absolute atomic E-state index is 12.7. The summed E-state index contributed by atoms with van der Waals surface area (Å²) in [5.41, 5.74) is 1.06. The van der Waals surface area contributed by atoms with Gasteiger partial charge in [0, 0.05) is 18.7 Å². The molecule has 104 valence electrons. The van der Waals surface area contributed by atoms with E-state index >= 15 is 0 Å². The van der Waals surface area contributed by atoms with Crippen molar-refractivity contribution in [3.05, 3.63) is 35.4 Å². The quantitative estimate of drug-likeness (QED) is 0.802. The fourth-order valence-corrected chi connectivity index (χ4v) is 2.36. The number of hydrogen-bond acceptors (Lipinski definition) is 2. The highest BCUT2D eigenvalue weighted by atomic mass is 19.4. The Balaban J connectivity index is 2.27. The van der Waals surface area contributed by atoms with Gasteiger partial charge in [0.1, 0.15) is 0 Å². The summed E-state index contributed by atoms with van der Waals surface area (Å²) in [7, 11) is 0. The van der Waals surface area contributed by atoms with Crippen LogP contribution in [0.1, 0.15) is 43.9 Å². The maximum atomic E-state index is 12.7. The molecule has 0 amide bonds. The van der Waals surface area contributed by atoms with Gasteiger partial charge in [0.05, 0.1) is 11.6 Å². The van der Waals surface area contributed by atoms with Crippen LogP contribution in [-0.2, 0) is 6.18 Å². The molecule has 1 aliphatic rings. The third-order valence-corrected chi connectivity index (χ3v) is 3.20. The van der Waals surface area contributed by atoms with Gasteiger partial charge in [-0.25, -0.2) is 0 Å². The Kier molecular flexibility index (Phi) is 3.83. The maximum Gasteiger partial charge on any atom is 0.416 e. The lowest BCUT2D eigenvalue weighted by Gasteiger charge is -2.24. The molecule has 0 aromatic heterocycles. The van der Waals surface area contributed by atoms with Gasteiger partial charge < -0.3 is 0 Å². The van der Waals surface area contributed by atoms with Crippen molar-refractivity contribution in [1.29, 1.82) is 0 Å². The summed E-state index contributed by atoms with van der Waals surface area (Å²) in [6.07, 6.45) is -2.67. The number of nitrogens with zero attached hydrogens (tertiary/aromatic N) is 2. The smallest absolute Gasteiger partial charge is 0.289 e. The molecule has 0 saturated carbocycles. The van der Waals surface area contributed by atoms with E-state index in [4.69, 9.17) is 0 Å². The van der Waals surface area contributed by atoms with Crippen LogP contribution >= 0.6 is 0 Å². The third-order valence-electron chi connectivity index (χ3n) is 3.20. The Morgan fingerprint density at radius 2 is 2.11 bits per heavy atom. The highest BCUT2D eigenvalue weighted by Crippen LogP contribution is 2.35. The number of benzene rings is 1. The van der Waals surface area contributed by atoms with Gasteiger partial charge in [0.2, 0.25) is 0 Å². The van der Waals surface area contributed by atoms with Crippen LogP contribution in [0.5, 0.6) is 0 Å².